The minimum Gasteiger partial charge on any atom is -0.303 e. The molecule has 6 heteroatoms. The second-order valence-corrected chi connectivity index (χ2v) is 2.40. The van der Waals surface area contributed by atoms with E-state index in [-0.39, 0.29) is 6.29 Å². The molecule has 0 heterocycles. The summed E-state index contributed by atoms with van der Waals surface area (Å²) < 4.78 is 41.7. The van der Waals surface area contributed by atoms with Crippen LogP contribution >= 0.6 is 7.82 Å². The van der Waals surface area contributed by atoms with E-state index < -0.39 is 27.2 Å². The van der Waals surface area contributed by atoms with Crippen LogP contribution in [-0.2, 0) is 13.9 Å². The summed E-state index contributed by atoms with van der Waals surface area (Å²) in [6.45, 7) is -3.23. The first-order chi connectivity index (χ1) is 6.02. The molecule has 60 valence electrons. The van der Waals surface area contributed by atoms with Gasteiger partial charge in [-0.25, -0.2) is 4.57 Å². The quantitative estimate of drug-likeness (QED) is 0.453. The number of phosphoric acid groups is 1. The molecule has 0 spiro atoms. The van der Waals surface area contributed by atoms with Crippen molar-refractivity contribution in [2.45, 2.75) is 12.8 Å². The van der Waals surface area contributed by atoms with Crippen LogP contribution in [0.4, 0.5) is 0 Å². The van der Waals surface area contributed by atoms with Crippen molar-refractivity contribution in [1.82, 2.24) is 0 Å². The van der Waals surface area contributed by atoms with Gasteiger partial charge in [0.25, 0.3) is 0 Å². The van der Waals surface area contributed by atoms with E-state index in [0.717, 1.165) is 0 Å². The van der Waals surface area contributed by atoms with Crippen LogP contribution in [0.25, 0.3) is 0 Å². The number of rotatable bonds is 5. The Morgan fingerprint density at radius 2 is 2.30 bits per heavy atom. The van der Waals surface area contributed by atoms with Gasteiger partial charge in [0.15, 0.2) is 0 Å². The van der Waals surface area contributed by atoms with Gasteiger partial charge in [-0.1, -0.05) is 0 Å². The zero-order chi connectivity index (χ0) is 11.6. The molecule has 0 fully saturated rings. The maximum absolute atomic E-state index is 10.3. The van der Waals surface area contributed by atoms with Crippen LogP contribution in [-0.4, -0.2) is 22.6 Å². The molecular formula is C4H9O5P. The maximum Gasteiger partial charge on any atom is 0.469 e. The SMILES string of the molecule is [2H]C([2H])(CC=O)C([2H])([2H])OP(=O)(O)O. The molecule has 0 aliphatic rings. The first-order valence-corrected chi connectivity index (χ1v) is 3.75. The molecule has 0 saturated heterocycles. The van der Waals surface area contributed by atoms with Crippen molar-refractivity contribution in [2.75, 3.05) is 6.56 Å². The molecule has 0 aliphatic heterocycles. The van der Waals surface area contributed by atoms with Crippen LogP contribution < -0.4 is 0 Å². The highest BCUT2D eigenvalue weighted by molar-refractivity contribution is 7.46. The van der Waals surface area contributed by atoms with Crippen LogP contribution in [0.5, 0.6) is 0 Å². The van der Waals surface area contributed by atoms with Crippen LogP contribution in [0.2, 0.25) is 0 Å². The van der Waals surface area contributed by atoms with Gasteiger partial charge < -0.3 is 14.6 Å². The molecular weight excluding hydrogens is 159 g/mol. The lowest BCUT2D eigenvalue weighted by atomic mass is 10.4. The van der Waals surface area contributed by atoms with Crippen LogP contribution in [0, 0.1) is 0 Å². The Kier molecular flexibility index (Phi) is 2.11. The highest BCUT2D eigenvalue weighted by atomic mass is 31.2. The molecule has 0 aromatic carbocycles. The molecule has 0 rings (SSSR count). The number of carbonyl (C=O) groups is 1. The maximum atomic E-state index is 10.3. The van der Waals surface area contributed by atoms with Crippen molar-refractivity contribution in [2.24, 2.45) is 0 Å². The van der Waals surface area contributed by atoms with E-state index in [0.29, 0.717) is 0 Å². The standard InChI is InChI=1S/C4H9O5P/c5-3-1-2-4-9-10(6,7)8/h3H,1-2,4H2,(H2,6,7,8)/i2D2,4D2. The summed E-state index contributed by atoms with van der Waals surface area (Å²) >= 11 is 0. The molecule has 2 N–H and O–H groups in total. The Hall–Kier alpha value is -0.220. The van der Waals surface area contributed by atoms with Crippen molar-refractivity contribution < 1.29 is 29.2 Å². The van der Waals surface area contributed by atoms with Gasteiger partial charge in [0.1, 0.15) is 6.29 Å². The summed E-state index contributed by atoms with van der Waals surface area (Å²) in [5, 5.41) is 0. The minimum absolute atomic E-state index is 0.0981. The molecule has 0 aliphatic carbocycles. The number of hydrogen-bond donors (Lipinski definition) is 2. The van der Waals surface area contributed by atoms with Gasteiger partial charge in [-0.05, 0) is 6.37 Å². The average molecular weight is 172 g/mol. The first-order valence-electron chi connectivity index (χ1n) is 4.22. The zero-order valence-electron chi connectivity index (χ0n) is 8.85. The molecule has 0 saturated carbocycles. The van der Waals surface area contributed by atoms with Crippen molar-refractivity contribution in [1.29, 1.82) is 0 Å². The summed E-state index contributed by atoms with van der Waals surface area (Å²) in [5.74, 6) is 0. The smallest absolute Gasteiger partial charge is 0.303 e. The van der Waals surface area contributed by atoms with Crippen molar-refractivity contribution >= 4 is 14.1 Å². The summed E-state index contributed by atoms with van der Waals surface area (Å²) in [5.41, 5.74) is 0. The Labute approximate surface area is 63.9 Å². The van der Waals surface area contributed by atoms with E-state index >= 15 is 0 Å². The van der Waals surface area contributed by atoms with Crippen molar-refractivity contribution in [3.8, 4) is 0 Å². The Morgan fingerprint density at radius 1 is 1.70 bits per heavy atom. The lowest BCUT2D eigenvalue weighted by molar-refractivity contribution is -0.108. The lowest BCUT2D eigenvalue weighted by Crippen LogP contribution is -1.91. The minimum atomic E-state index is -5.14. The predicted octanol–water partition coefficient (Wildman–Crippen LogP) is 0.0748. The second kappa shape index (κ2) is 4.57. The second-order valence-electron chi connectivity index (χ2n) is 1.23. The Bertz CT molecular complexity index is 260. The molecule has 10 heavy (non-hydrogen) atoms. The third-order valence-corrected chi connectivity index (χ3v) is 0.751. The van der Waals surface area contributed by atoms with Crippen LogP contribution in [0.1, 0.15) is 18.3 Å². The fourth-order valence-corrected chi connectivity index (χ4v) is 0.359. The lowest BCUT2D eigenvalue weighted by Gasteiger charge is -2.01. The van der Waals surface area contributed by atoms with E-state index in [1.807, 2.05) is 0 Å². The largest absolute Gasteiger partial charge is 0.469 e. The zero-order valence-corrected chi connectivity index (χ0v) is 5.75. The number of aldehydes is 1. The normalized spacial score (nSPS) is 20.2. The van der Waals surface area contributed by atoms with E-state index in [9.17, 15) is 9.36 Å². The van der Waals surface area contributed by atoms with Gasteiger partial charge >= 0.3 is 7.82 Å². The fourth-order valence-electron chi connectivity index (χ4n) is 0.175. The van der Waals surface area contributed by atoms with Gasteiger partial charge in [0, 0.05) is 9.16 Å². The molecule has 0 radical (unpaired) electrons. The molecule has 0 bridgehead atoms. The topological polar surface area (TPSA) is 83.8 Å². The molecule has 0 atom stereocenters. The summed E-state index contributed by atoms with van der Waals surface area (Å²) in [6, 6.07) is 0. The van der Waals surface area contributed by atoms with Crippen molar-refractivity contribution in [3.05, 3.63) is 0 Å². The summed E-state index contributed by atoms with van der Waals surface area (Å²) in [7, 11) is -5.14. The highest BCUT2D eigenvalue weighted by Crippen LogP contribution is 2.35. The number of phosphoric ester groups is 1. The van der Waals surface area contributed by atoms with Gasteiger partial charge in [-0.2, -0.15) is 0 Å². The van der Waals surface area contributed by atoms with Crippen LogP contribution in [0.15, 0.2) is 0 Å². The molecule has 0 amide bonds. The number of carbonyl (C=O) groups excluding carboxylic acids is 1. The molecule has 0 aromatic rings. The highest BCUT2D eigenvalue weighted by Gasteiger charge is 2.11. The van der Waals surface area contributed by atoms with Gasteiger partial charge in [-0.15, -0.1) is 0 Å². The first kappa shape index (κ1) is 4.62. The third kappa shape index (κ3) is 7.78. The molecule has 0 aromatic heterocycles. The van der Waals surface area contributed by atoms with E-state index in [1.165, 1.54) is 0 Å². The fraction of sp³-hybridized carbons (Fsp3) is 0.750. The van der Waals surface area contributed by atoms with E-state index in [1.54, 1.807) is 0 Å². The van der Waals surface area contributed by atoms with Crippen LogP contribution in [0.3, 0.4) is 0 Å². The van der Waals surface area contributed by atoms with Gasteiger partial charge in [-0.3, -0.25) is 4.52 Å². The monoisotopic (exact) mass is 172 g/mol. The van der Waals surface area contributed by atoms with E-state index in [2.05, 4.69) is 4.52 Å². The molecule has 0 unspecified atom stereocenters. The van der Waals surface area contributed by atoms with E-state index in [4.69, 9.17) is 15.3 Å². The Balaban J connectivity index is 4.76. The van der Waals surface area contributed by atoms with Gasteiger partial charge in [0.2, 0.25) is 0 Å². The van der Waals surface area contributed by atoms with Crippen molar-refractivity contribution in [3.63, 3.8) is 0 Å². The summed E-state index contributed by atoms with van der Waals surface area (Å²) in [6.07, 6.45) is -3.56. The third-order valence-electron chi connectivity index (χ3n) is 0.422. The predicted molar refractivity (Wildman–Crippen MR) is 33.3 cm³/mol. The van der Waals surface area contributed by atoms with Gasteiger partial charge in [0.05, 0.1) is 9.30 Å². The molecule has 5 nitrogen and oxygen atoms in total. The Morgan fingerprint density at radius 3 is 2.70 bits per heavy atom. The average Bonchev–Trinajstić information content (AvgIpc) is 1.79. The summed E-state index contributed by atoms with van der Waals surface area (Å²) in [4.78, 5) is 26.5. The number of hydrogen-bond acceptors (Lipinski definition) is 3.